The molecule has 3 aromatic rings. The molecular formula is C18H16N6O4S. The molecule has 0 radical (unpaired) electrons. The fourth-order valence-corrected chi connectivity index (χ4v) is 3.08. The van der Waals surface area contributed by atoms with Crippen LogP contribution in [0.25, 0.3) is 11.4 Å². The van der Waals surface area contributed by atoms with Crippen LogP contribution in [0.2, 0.25) is 0 Å². The number of nitro groups is 1. The second kappa shape index (κ2) is 8.97. The lowest BCUT2D eigenvalue weighted by Crippen LogP contribution is -2.19. The summed E-state index contributed by atoms with van der Waals surface area (Å²) >= 11 is 1.19. The van der Waals surface area contributed by atoms with E-state index in [1.54, 1.807) is 4.57 Å². The summed E-state index contributed by atoms with van der Waals surface area (Å²) in [5, 5.41) is 33.0. The van der Waals surface area contributed by atoms with E-state index in [1.165, 1.54) is 23.9 Å². The zero-order chi connectivity index (χ0) is 20.8. The Hall–Kier alpha value is -3.73. The Bertz CT molecular complexity index is 1070. The second-order valence-electron chi connectivity index (χ2n) is 5.81. The van der Waals surface area contributed by atoms with Crippen molar-refractivity contribution in [3.05, 3.63) is 64.2 Å². The molecule has 0 spiro atoms. The number of thioether (sulfide) groups is 1. The summed E-state index contributed by atoms with van der Waals surface area (Å²) in [7, 11) is 1.81. The Morgan fingerprint density at radius 2 is 2.07 bits per heavy atom. The van der Waals surface area contributed by atoms with Crippen molar-refractivity contribution in [2.45, 2.75) is 5.16 Å². The fourth-order valence-electron chi connectivity index (χ4n) is 2.37. The molecule has 0 fully saturated rings. The molecule has 0 aliphatic carbocycles. The number of hydrogen-bond donors (Lipinski definition) is 2. The number of hydrogen-bond acceptors (Lipinski definition) is 8. The molecule has 0 unspecified atom stereocenters. The molecule has 0 saturated carbocycles. The first-order chi connectivity index (χ1) is 14.0. The maximum atomic E-state index is 12.0. The summed E-state index contributed by atoms with van der Waals surface area (Å²) < 4.78 is 1.79. The summed E-state index contributed by atoms with van der Waals surface area (Å²) in [6.07, 6.45) is 1.14. The maximum Gasteiger partial charge on any atom is 0.270 e. The van der Waals surface area contributed by atoms with E-state index in [4.69, 9.17) is 0 Å². The molecule has 1 aromatic heterocycles. The molecule has 29 heavy (non-hydrogen) atoms. The number of hydrazone groups is 1. The molecular weight excluding hydrogens is 396 g/mol. The van der Waals surface area contributed by atoms with Crippen LogP contribution in [-0.2, 0) is 11.8 Å². The number of carbonyl (C=O) groups excluding carboxylic acids is 1. The molecule has 0 aliphatic rings. The lowest BCUT2D eigenvalue weighted by molar-refractivity contribution is -0.384. The first-order valence-electron chi connectivity index (χ1n) is 8.32. The van der Waals surface area contributed by atoms with Crippen LogP contribution in [0.5, 0.6) is 5.75 Å². The zero-order valence-corrected chi connectivity index (χ0v) is 16.0. The highest BCUT2D eigenvalue weighted by Gasteiger charge is 2.13. The van der Waals surface area contributed by atoms with E-state index in [0.29, 0.717) is 11.0 Å². The Kier molecular flexibility index (Phi) is 6.19. The first-order valence-corrected chi connectivity index (χ1v) is 9.31. The molecule has 0 atom stereocenters. The molecule has 1 heterocycles. The topological polar surface area (TPSA) is 136 Å². The van der Waals surface area contributed by atoms with Gasteiger partial charge in [0, 0.05) is 30.3 Å². The van der Waals surface area contributed by atoms with Gasteiger partial charge < -0.3 is 9.67 Å². The number of carbonyl (C=O) groups is 1. The minimum absolute atomic E-state index is 0.0407. The van der Waals surface area contributed by atoms with Crippen LogP contribution in [0, 0.1) is 10.1 Å². The normalized spacial score (nSPS) is 10.9. The lowest BCUT2D eigenvalue weighted by atomic mass is 10.2. The van der Waals surface area contributed by atoms with Gasteiger partial charge in [-0.15, -0.1) is 10.2 Å². The Balaban J connectivity index is 1.57. The standard InChI is InChI=1S/C18H16N6O4S/c1-23-17(12-5-3-2-4-6-12)21-22-18(23)29-11-16(26)20-19-10-13-9-14(24(27)28)7-8-15(13)25/h2-10,25H,11H2,1H3,(H,20,26). The Labute approximate surface area is 169 Å². The van der Waals surface area contributed by atoms with Crippen LogP contribution in [0.3, 0.4) is 0 Å². The average molecular weight is 412 g/mol. The van der Waals surface area contributed by atoms with E-state index < -0.39 is 10.8 Å². The Morgan fingerprint density at radius 1 is 1.31 bits per heavy atom. The molecule has 0 saturated heterocycles. The van der Waals surface area contributed by atoms with Crippen molar-refractivity contribution in [3.8, 4) is 17.1 Å². The number of rotatable bonds is 7. The summed E-state index contributed by atoms with van der Waals surface area (Å²) in [5.74, 6) is 0.141. The SMILES string of the molecule is Cn1c(SCC(=O)NN=Cc2cc([N+](=O)[O-])ccc2O)nnc1-c1ccccc1. The van der Waals surface area contributed by atoms with E-state index in [-0.39, 0.29) is 22.8 Å². The maximum absolute atomic E-state index is 12.0. The van der Waals surface area contributed by atoms with Gasteiger partial charge in [0.1, 0.15) is 5.75 Å². The number of amides is 1. The van der Waals surface area contributed by atoms with Crippen LogP contribution >= 0.6 is 11.8 Å². The number of nitrogens with one attached hydrogen (secondary N) is 1. The van der Waals surface area contributed by atoms with Crippen molar-refractivity contribution in [2.24, 2.45) is 12.1 Å². The summed E-state index contributed by atoms with van der Waals surface area (Å²) in [6, 6.07) is 13.1. The van der Waals surface area contributed by atoms with Gasteiger partial charge in [0.15, 0.2) is 11.0 Å². The smallest absolute Gasteiger partial charge is 0.270 e. The predicted octanol–water partition coefficient (Wildman–Crippen LogP) is 2.34. The quantitative estimate of drug-likeness (QED) is 0.263. The van der Waals surface area contributed by atoms with Crippen LogP contribution in [0.4, 0.5) is 5.69 Å². The third-order valence-electron chi connectivity index (χ3n) is 3.81. The third kappa shape index (κ3) is 4.96. The number of benzene rings is 2. The second-order valence-corrected chi connectivity index (χ2v) is 6.76. The minimum atomic E-state index is -0.587. The predicted molar refractivity (Wildman–Crippen MR) is 108 cm³/mol. The molecule has 11 heteroatoms. The number of aromatic nitrogens is 3. The van der Waals surface area contributed by atoms with Crippen LogP contribution in [-0.4, -0.2) is 42.7 Å². The molecule has 3 rings (SSSR count). The molecule has 2 N–H and O–H groups in total. The van der Waals surface area contributed by atoms with Crippen LogP contribution in [0.15, 0.2) is 58.8 Å². The largest absolute Gasteiger partial charge is 0.507 e. The van der Waals surface area contributed by atoms with Crippen molar-refractivity contribution < 1.29 is 14.8 Å². The number of nitrogens with zero attached hydrogens (tertiary/aromatic N) is 5. The van der Waals surface area contributed by atoms with Gasteiger partial charge in [0.2, 0.25) is 0 Å². The van der Waals surface area contributed by atoms with E-state index >= 15 is 0 Å². The zero-order valence-electron chi connectivity index (χ0n) is 15.2. The number of phenolic OH excluding ortho intramolecular Hbond substituents is 1. The van der Waals surface area contributed by atoms with E-state index in [1.807, 2.05) is 37.4 Å². The van der Waals surface area contributed by atoms with Gasteiger partial charge in [-0.3, -0.25) is 14.9 Å². The van der Waals surface area contributed by atoms with Crippen molar-refractivity contribution in [2.75, 3.05) is 5.75 Å². The van der Waals surface area contributed by atoms with Gasteiger partial charge in [-0.25, -0.2) is 5.43 Å². The van der Waals surface area contributed by atoms with Crippen molar-refractivity contribution >= 4 is 29.6 Å². The minimum Gasteiger partial charge on any atom is -0.507 e. The van der Waals surface area contributed by atoms with Gasteiger partial charge in [-0.05, 0) is 6.07 Å². The van der Waals surface area contributed by atoms with Crippen molar-refractivity contribution in [1.82, 2.24) is 20.2 Å². The fraction of sp³-hybridized carbons (Fsp3) is 0.111. The average Bonchev–Trinajstić information content (AvgIpc) is 3.08. The third-order valence-corrected chi connectivity index (χ3v) is 4.83. The number of phenols is 1. The highest BCUT2D eigenvalue weighted by Crippen LogP contribution is 2.22. The Morgan fingerprint density at radius 3 is 2.79 bits per heavy atom. The van der Waals surface area contributed by atoms with Gasteiger partial charge in [0.05, 0.1) is 16.9 Å². The van der Waals surface area contributed by atoms with E-state index in [2.05, 4.69) is 20.7 Å². The molecule has 0 aliphatic heterocycles. The molecule has 10 nitrogen and oxygen atoms in total. The van der Waals surface area contributed by atoms with Crippen LogP contribution < -0.4 is 5.43 Å². The van der Waals surface area contributed by atoms with Gasteiger partial charge in [-0.1, -0.05) is 42.1 Å². The van der Waals surface area contributed by atoms with Gasteiger partial charge in [0.25, 0.3) is 11.6 Å². The lowest BCUT2D eigenvalue weighted by Gasteiger charge is -2.03. The number of aromatic hydroxyl groups is 1. The summed E-state index contributed by atoms with van der Waals surface area (Å²) in [4.78, 5) is 22.2. The monoisotopic (exact) mass is 412 g/mol. The highest BCUT2D eigenvalue weighted by molar-refractivity contribution is 7.99. The highest BCUT2D eigenvalue weighted by atomic mass is 32.2. The molecule has 148 valence electrons. The number of nitro benzene ring substituents is 1. The van der Waals surface area contributed by atoms with Crippen molar-refractivity contribution in [3.63, 3.8) is 0 Å². The summed E-state index contributed by atoms with van der Waals surface area (Å²) in [6.45, 7) is 0. The molecule has 1 amide bonds. The van der Waals surface area contributed by atoms with Gasteiger partial charge >= 0.3 is 0 Å². The van der Waals surface area contributed by atoms with Crippen molar-refractivity contribution in [1.29, 1.82) is 0 Å². The molecule has 2 aromatic carbocycles. The van der Waals surface area contributed by atoms with Gasteiger partial charge in [-0.2, -0.15) is 5.10 Å². The molecule has 0 bridgehead atoms. The number of non-ortho nitro benzene ring substituents is 1. The first kappa shape index (κ1) is 20.0. The van der Waals surface area contributed by atoms with E-state index in [0.717, 1.165) is 17.8 Å². The summed E-state index contributed by atoms with van der Waals surface area (Å²) in [5.41, 5.74) is 3.15. The van der Waals surface area contributed by atoms with E-state index in [9.17, 15) is 20.0 Å². The van der Waals surface area contributed by atoms with Crippen LogP contribution in [0.1, 0.15) is 5.56 Å².